The highest BCUT2D eigenvalue weighted by molar-refractivity contribution is 7.22. The lowest BCUT2D eigenvalue weighted by Crippen LogP contribution is -2.39. The smallest absolute Gasteiger partial charge is 0.260 e. The maximum atomic E-state index is 13.6. The Balaban J connectivity index is 0.00000320. The molecular formula is C23H30ClN3O2S. The molecule has 0 spiro atoms. The number of aryl methyl sites for hydroxylation is 2. The normalized spacial score (nSPS) is 10.9. The lowest BCUT2D eigenvalue weighted by molar-refractivity contribution is 0.0983. The molecule has 0 fully saturated rings. The van der Waals surface area contributed by atoms with E-state index in [0.717, 1.165) is 57.4 Å². The molecule has 0 radical (unpaired) electrons. The van der Waals surface area contributed by atoms with Crippen LogP contribution in [0.25, 0.3) is 10.2 Å². The zero-order valence-electron chi connectivity index (χ0n) is 18.3. The van der Waals surface area contributed by atoms with E-state index in [1.54, 1.807) is 18.4 Å². The number of nitrogens with zero attached hydrogens (tertiary/aromatic N) is 3. The third-order valence-electron chi connectivity index (χ3n) is 5.22. The fraction of sp³-hybridized carbons (Fsp3) is 0.391. The van der Waals surface area contributed by atoms with Gasteiger partial charge in [-0.25, -0.2) is 4.98 Å². The number of methoxy groups -OCH3 is 1. The number of aromatic nitrogens is 1. The summed E-state index contributed by atoms with van der Waals surface area (Å²) in [4.78, 5) is 22.5. The summed E-state index contributed by atoms with van der Waals surface area (Å²) < 4.78 is 6.37. The summed E-state index contributed by atoms with van der Waals surface area (Å²) >= 11 is 1.54. The molecule has 1 aromatic heterocycles. The number of hydrogen-bond acceptors (Lipinski definition) is 5. The second-order valence-electron chi connectivity index (χ2n) is 7.13. The Morgan fingerprint density at radius 2 is 1.80 bits per heavy atom. The van der Waals surface area contributed by atoms with E-state index in [-0.39, 0.29) is 18.3 Å². The number of benzene rings is 2. The summed E-state index contributed by atoms with van der Waals surface area (Å²) in [5, 5.41) is 0.728. The molecule has 0 atom stereocenters. The second-order valence-corrected chi connectivity index (χ2v) is 8.14. The molecule has 30 heavy (non-hydrogen) atoms. The molecule has 3 rings (SSSR count). The molecule has 0 saturated heterocycles. The van der Waals surface area contributed by atoms with E-state index in [2.05, 4.69) is 18.7 Å². The number of thiazole rings is 1. The van der Waals surface area contributed by atoms with E-state index >= 15 is 0 Å². The van der Waals surface area contributed by atoms with Crippen molar-refractivity contribution < 1.29 is 9.53 Å². The van der Waals surface area contributed by atoms with Gasteiger partial charge in [-0.15, -0.1) is 12.4 Å². The zero-order chi connectivity index (χ0) is 21.0. The Labute approximate surface area is 189 Å². The largest absolute Gasteiger partial charge is 0.497 e. The summed E-state index contributed by atoms with van der Waals surface area (Å²) in [5.41, 5.74) is 3.65. The number of halogens is 1. The van der Waals surface area contributed by atoms with Gasteiger partial charge in [-0.2, -0.15) is 0 Å². The highest BCUT2D eigenvalue weighted by atomic mass is 35.5. The van der Waals surface area contributed by atoms with Gasteiger partial charge in [-0.3, -0.25) is 9.69 Å². The first-order valence-electron chi connectivity index (χ1n) is 10.0. The average Bonchev–Trinajstić information content (AvgIpc) is 3.15. The maximum Gasteiger partial charge on any atom is 0.260 e. The van der Waals surface area contributed by atoms with Gasteiger partial charge in [0.05, 0.1) is 17.3 Å². The minimum absolute atomic E-state index is 0. The summed E-state index contributed by atoms with van der Waals surface area (Å²) in [6, 6.07) is 11.9. The first-order valence-corrected chi connectivity index (χ1v) is 10.8. The Bertz CT molecular complexity index is 1000. The molecule has 0 bridgehead atoms. The highest BCUT2D eigenvalue weighted by Gasteiger charge is 2.23. The Morgan fingerprint density at radius 3 is 2.47 bits per heavy atom. The van der Waals surface area contributed by atoms with E-state index in [0.29, 0.717) is 6.54 Å². The van der Waals surface area contributed by atoms with Crippen molar-refractivity contribution in [1.82, 2.24) is 9.88 Å². The van der Waals surface area contributed by atoms with Gasteiger partial charge < -0.3 is 9.64 Å². The van der Waals surface area contributed by atoms with Gasteiger partial charge in [-0.05, 0) is 50.7 Å². The SMILES string of the molecule is CCN(CC)CCN(C(=O)c1cc(C)ccc1C)c1nc2cc(OC)ccc2s1.Cl. The van der Waals surface area contributed by atoms with Crippen LogP contribution >= 0.6 is 23.7 Å². The average molecular weight is 448 g/mol. The standard InChI is InChI=1S/C23H29N3O2S.ClH/c1-6-25(7-2)12-13-26(22(27)19-14-16(3)8-9-17(19)4)23-24-20-15-18(28-5)10-11-21(20)29-23;/h8-11,14-15H,6-7,12-13H2,1-5H3;1H. The van der Waals surface area contributed by atoms with Gasteiger partial charge in [0.1, 0.15) is 5.75 Å². The maximum absolute atomic E-state index is 13.6. The van der Waals surface area contributed by atoms with Crippen LogP contribution in [0, 0.1) is 13.8 Å². The molecule has 2 aromatic carbocycles. The van der Waals surface area contributed by atoms with Crippen LogP contribution in [-0.2, 0) is 0 Å². The third-order valence-corrected chi connectivity index (χ3v) is 6.28. The number of fused-ring (bicyclic) bond motifs is 1. The molecule has 0 unspecified atom stereocenters. The van der Waals surface area contributed by atoms with Crippen LogP contribution < -0.4 is 9.64 Å². The molecule has 0 aliphatic carbocycles. The topological polar surface area (TPSA) is 45.7 Å². The van der Waals surface area contributed by atoms with Crippen molar-refractivity contribution in [2.75, 3.05) is 38.2 Å². The number of rotatable bonds is 8. The lowest BCUT2D eigenvalue weighted by atomic mass is 10.0. The molecular weight excluding hydrogens is 418 g/mol. The molecule has 3 aromatic rings. The predicted octanol–water partition coefficient (Wildman–Crippen LogP) is 5.33. The van der Waals surface area contributed by atoms with Crippen molar-refractivity contribution >= 4 is 45.0 Å². The first kappa shape index (κ1) is 24.1. The van der Waals surface area contributed by atoms with Crippen molar-refractivity contribution in [2.45, 2.75) is 27.7 Å². The third kappa shape index (κ3) is 5.31. The molecule has 5 nitrogen and oxygen atoms in total. The summed E-state index contributed by atoms with van der Waals surface area (Å²) in [6.45, 7) is 11.6. The molecule has 0 N–H and O–H groups in total. The minimum atomic E-state index is 0. The monoisotopic (exact) mass is 447 g/mol. The molecule has 162 valence electrons. The van der Waals surface area contributed by atoms with Crippen molar-refractivity contribution in [3.05, 3.63) is 53.1 Å². The van der Waals surface area contributed by atoms with Gasteiger partial charge in [-0.1, -0.05) is 42.9 Å². The second kappa shape index (κ2) is 10.8. The van der Waals surface area contributed by atoms with Gasteiger partial charge in [0.15, 0.2) is 5.13 Å². The van der Waals surface area contributed by atoms with E-state index in [4.69, 9.17) is 9.72 Å². The number of carbonyl (C=O) groups is 1. The van der Waals surface area contributed by atoms with Gasteiger partial charge in [0.25, 0.3) is 5.91 Å². The molecule has 0 aliphatic heterocycles. The van der Waals surface area contributed by atoms with Crippen LogP contribution in [0.4, 0.5) is 5.13 Å². The number of ether oxygens (including phenoxy) is 1. The van der Waals surface area contributed by atoms with E-state index < -0.39 is 0 Å². The number of likely N-dealkylation sites (N-methyl/N-ethyl adjacent to an activating group) is 1. The van der Waals surface area contributed by atoms with E-state index in [9.17, 15) is 4.79 Å². The Morgan fingerprint density at radius 1 is 1.07 bits per heavy atom. The fourth-order valence-corrected chi connectivity index (χ4v) is 4.28. The number of carbonyl (C=O) groups excluding carboxylic acids is 1. The molecule has 1 amide bonds. The fourth-order valence-electron chi connectivity index (χ4n) is 3.31. The number of hydrogen-bond donors (Lipinski definition) is 0. The van der Waals surface area contributed by atoms with Crippen LogP contribution in [0.2, 0.25) is 0 Å². The van der Waals surface area contributed by atoms with E-state index in [1.807, 2.05) is 55.1 Å². The van der Waals surface area contributed by atoms with Crippen LogP contribution in [0.3, 0.4) is 0 Å². The molecule has 7 heteroatoms. The van der Waals surface area contributed by atoms with Crippen molar-refractivity contribution in [2.24, 2.45) is 0 Å². The van der Waals surface area contributed by atoms with Gasteiger partial charge in [0, 0.05) is 24.7 Å². The van der Waals surface area contributed by atoms with Crippen LogP contribution in [0.5, 0.6) is 5.75 Å². The molecule has 0 aliphatic rings. The Kier molecular flexibility index (Phi) is 8.65. The number of amides is 1. The van der Waals surface area contributed by atoms with Crippen molar-refractivity contribution in [1.29, 1.82) is 0 Å². The highest BCUT2D eigenvalue weighted by Crippen LogP contribution is 2.32. The molecule has 1 heterocycles. The summed E-state index contributed by atoms with van der Waals surface area (Å²) in [6.07, 6.45) is 0. The lowest BCUT2D eigenvalue weighted by Gasteiger charge is -2.25. The van der Waals surface area contributed by atoms with Crippen molar-refractivity contribution in [3.63, 3.8) is 0 Å². The summed E-state index contributed by atoms with van der Waals surface area (Å²) in [7, 11) is 1.65. The summed E-state index contributed by atoms with van der Waals surface area (Å²) in [5.74, 6) is 0.772. The number of anilines is 1. The first-order chi connectivity index (χ1) is 14.0. The predicted molar refractivity (Wildman–Crippen MR) is 129 cm³/mol. The Hall–Kier alpha value is -2.15. The van der Waals surface area contributed by atoms with Gasteiger partial charge >= 0.3 is 0 Å². The van der Waals surface area contributed by atoms with Crippen LogP contribution in [0.15, 0.2) is 36.4 Å². The minimum Gasteiger partial charge on any atom is -0.497 e. The van der Waals surface area contributed by atoms with Crippen molar-refractivity contribution in [3.8, 4) is 5.75 Å². The quantitative estimate of drug-likeness (QED) is 0.468. The molecule has 0 saturated carbocycles. The van der Waals surface area contributed by atoms with Gasteiger partial charge in [0.2, 0.25) is 0 Å². The van der Waals surface area contributed by atoms with Crippen LogP contribution in [-0.4, -0.2) is 49.1 Å². The van der Waals surface area contributed by atoms with E-state index in [1.165, 1.54) is 0 Å². The zero-order valence-corrected chi connectivity index (χ0v) is 19.9. The van der Waals surface area contributed by atoms with Crippen LogP contribution in [0.1, 0.15) is 35.3 Å².